The Balaban J connectivity index is 1.76. The number of anilines is 1. The Hall–Kier alpha value is -1.81. The van der Waals surface area contributed by atoms with Gasteiger partial charge in [0.15, 0.2) is 0 Å². The fourth-order valence-electron chi connectivity index (χ4n) is 2.36. The maximum absolute atomic E-state index is 4.19. The Bertz CT molecular complexity index is 733. The molecule has 3 nitrogen and oxygen atoms in total. The fraction of sp³-hybridized carbons (Fsp3) is 0.188. The Kier molecular flexibility index (Phi) is 3.74. The number of aromatic nitrogens is 2. The third kappa shape index (κ3) is 2.70. The largest absolute Gasteiger partial charge is 0.384 e. The van der Waals surface area contributed by atoms with Crippen LogP contribution in [0.2, 0.25) is 0 Å². The van der Waals surface area contributed by atoms with Crippen molar-refractivity contribution in [3.05, 3.63) is 58.8 Å². The molecule has 0 fully saturated rings. The molecule has 0 saturated heterocycles. The number of nitrogens with zero attached hydrogens (tertiary/aromatic N) is 2. The summed E-state index contributed by atoms with van der Waals surface area (Å²) in [5.41, 5.74) is 2.43. The van der Waals surface area contributed by atoms with Crippen LogP contribution in [-0.2, 0) is 13.5 Å². The second-order valence-electron chi connectivity index (χ2n) is 4.84. The van der Waals surface area contributed by atoms with Crippen LogP contribution >= 0.6 is 15.9 Å². The number of fused-ring (bicyclic) bond motifs is 1. The average molecular weight is 330 g/mol. The van der Waals surface area contributed by atoms with Crippen LogP contribution < -0.4 is 5.32 Å². The molecule has 0 bridgehead atoms. The third-order valence-corrected chi connectivity index (χ3v) is 4.05. The van der Waals surface area contributed by atoms with Gasteiger partial charge in [-0.3, -0.25) is 4.68 Å². The molecule has 3 rings (SSSR count). The van der Waals surface area contributed by atoms with Crippen molar-refractivity contribution in [2.45, 2.75) is 6.42 Å². The van der Waals surface area contributed by atoms with Gasteiger partial charge < -0.3 is 5.32 Å². The number of hydrogen-bond donors (Lipinski definition) is 1. The molecule has 0 aliphatic rings. The van der Waals surface area contributed by atoms with Crippen LogP contribution in [0.15, 0.2) is 53.3 Å². The molecule has 20 heavy (non-hydrogen) atoms. The normalized spacial score (nSPS) is 10.9. The van der Waals surface area contributed by atoms with Crippen molar-refractivity contribution in [3.8, 4) is 0 Å². The summed E-state index contributed by atoms with van der Waals surface area (Å²) >= 11 is 3.60. The number of rotatable bonds is 4. The number of aryl methyl sites for hydroxylation is 1. The summed E-state index contributed by atoms with van der Waals surface area (Å²) in [6, 6.07) is 12.6. The first-order valence-corrected chi connectivity index (χ1v) is 7.42. The van der Waals surface area contributed by atoms with Gasteiger partial charge in [0.25, 0.3) is 0 Å². The van der Waals surface area contributed by atoms with Crippen LogP contribution in [0.25, 0.3) is 10.8 Å². The highest BCUT2D eigenvalue weighted by molar-refractivity contribution is 9.10. The Labute approximate surface area is 126 Å². The zero-order valence-corrected chi connectivity index (χ0v) is 12.9. The number of nitrogens with one attached hydrogen (secondary N) is 1. The highest BCUT2D eigenvalue weighted by atomic mass is 79.9. The summed E-state index contributed by atoms with van der Waals surface area (Å²) in [5.74, 6) is 0. The van der Waals surface area contributed by atoms with E-state index < -0.39 is 0 Å². The van der Waals surface area contributed by atoms with E-state index in [9.17, 15) is 0 Å². The van der Waals surface area contributed by atoms with Gasteiger partial charge >= 0.3 is 0 Å². The van der Waals surface area contributed by atoms with E-state index in [1.807, 2.05) is 17.9 Å². The second-order valence-corrected chi connectivity index (χ2v) is 5.69. The fourth-order valence-corrected chi connectivity index (χ4v) is 2.84. The van der Waals surface area contributed by atoms with Gasteiger partial charge in [-0.25, -0.2) is 0 Å². The van der Waals surface area contributed by atoms with Crippen LogP contribution in [0.5, 0.6) is 0 Å². The number of benzene rings is 2. The summed E-state index contributed by atoms with van der Waals surface area (Å²) < 4.78 is 2.97. The lowest BCUT2D eigenvalue weighted by Crippen LogP contribution is -2.04. The standard InChI is InChI=1S/C16H16BrN3/c1-20-11-12(10-19-20)8-9-18-16-7-6-15(17)13-4-2-3-5-14(13)16/h2-7,10-11,18H,8-9H2,1H3. The van der Waals surface area contributed by atoms with E-state index >= 15 is 0 Å². The van der Waals surface area contributed by atoms with Crippen molar-refractivity contribution in [1.29, 1.82) is 0 Å². The molecule has 0 spiro atoms. The van der Waals surface area contributed by atoms with Gasteiger partial charge in [-0.15, -0.1) is 0 Å². The predicted molar refractivity (Wildman–Crippen MR) is 87.0 cm³/mol. The van der Waals surface area contributed by atoms with Gasteiger partial charge in [-0.2, -0.15) is 5.10 Å². The monoisotopic (exact) mass is 329 g/mol. The highest BCUT2D eigenvalue weighted by Gasteiger charge is 2.03. The van der Waals surface area contributed by atoms with E-state index in [2.05, 4.69) is 68.9 Å². The minimum Gasteiger partial charge on any atom is -0.384 e. The molecular weight excluding hydrogens is 314 g/mol. The first-order valence-electron chi connectivity index (χ1n) is 6.63. The van der Waals surface area contributed by atoms with Gasteiger partial charge in [0.05, 0.1) is 6.20 Å². The van der Waals surface area contributed by atoms with Gasteiger partial charge in [0.2, 0.25) is 0 Å². The maximum atomic E-state index is 4.19. The summed E-state index contributed by atoms with van der Waals surface area (Å²) in [4.78, 5) is 0. The van der Waals surface area contributed by atoms with Crippen LogP contribution in [0.1, 0.15) is 5.56 Å². The minimum atomic E-state index is 0.900. The molecule has 0 atom stereocenters. The molecule has 0 aliphatic heterocycles. The zero-order valence-electron chi connectivity index (χ0n) is 11.3. The summed E-state index contributed by atoms with van der Waals surface area (Å²) in [7, 11) is 1.94. The van der Waals surface area contributed by atoms with E-state index in [1.54, 1.807) is 0 Å². The SMILES string of the molecule is Cn1cc(CCNc2ccc(Br)c3ccccc23)cn1. The molecule has 102 valence electrons. The lowest BCUT2D eigenvalue weighted by molar-refractivity contribution is 0.767. The molecule has 2 aromatic carbocycles. The first kappa shape index (κ1) is 13.2. The summed E-state index contributed by atoms with van der Waals surface area (Å²) in [6.45, 7) is 0.900. The summed E-state index contributed by atoms with van der Waals surface area (Å²) in [6.07, 6.45) is 4.95. The molecular formula is C16H16BrN3. The van der Waals surface area contributed by atoms with Crippen molar-refractivity contribution in [1.82, 2.24) is 9.78 Å². The molecule has 0 aliphatic carbocycles. The van der Waals surface area contributed by atoms with E-state index in [1.165, 1.54) is 22.0 Å². The van der Waals surface area contributed by atoms with Gasteiger partial charge in [0.1, 0.15) is 0 Å². The van der Waals surface area contributed by atoms with Crippen molar-refractivity contribution in [2.75, 3.05) is 11.9 Å². The molecule has 3 aromatic rings. The topological polar surface area (TPSA) is 29.9 Å². The Morgan fingerprint density at radius 1 is 1.15 bits per heavy atom. The van der Waals surface area contributed by atoms with Crippen molar-refractivity contribution >= 4 is 32.4 Å². The van der Waals surface area contributed by atoms with E-state index in [4.69, 9.17) is 0 Å². The van der Waals surface area contributed by atoms with E-state index in [0.29, 0.717) is 0 Å². The van der Waals surface area contributed by atoms with Crippen LogP contribution in [-0.4, -0.2) is 16.3 Å². The Morgan fingerprint density at radius 2 is 1.95 bits per heavy atom. The van der Waals surface area contributed by atoms with Gasteiger partial charge in [0, 0.05) is 35.3 Å². The third-order valence-electron chi connectivity index (χ3n) is 3.36. The van der Waals surface area contributed by atoms with Gasteiger partial charge in [-0.1, -0.05) is 40.2 Å². The molecule has 0 unspecified atom stereocenters. The number of hydrogen-bond acceptors (Lipinski definition) is 2. The van der Waals surface area contributed by atoms with Crippen molar-refractivity contribution < 1.29 is 0 Å². The molecule has 1 N–H and O–H groups in total. The van der Waals surface area contributed by atoms with Crippen molar-refractivity contribution in [2.24, 2.45) is 7.05 Å². The first-order chi connectivity index (χ1) is 9.74. The molecule has 0 saturated carbocycles. The molecule has 0 radical (unpaired) electrons. The Morgan fingerprint density at radius 3 is 2.70 bits per heavy atom. The minimum absolute atomic E-state index is 0.900. The zero-order chi connectivity index (χ0) is 13.9. The smallest absolute Gasteiger partial charge is 0.0522 e. The van der Waals surface area contributed by atoms with E-state index in [-0.39, 0.29) is 0 Å². The van der Waals surface area contributed by atoms with E-state index in [0.717, 1.165) is 17.4 Å². The lowest BCUT2D eigenvalue weighted by atomic mass is 10.1. The summed E-state index contributed by atoms with van der Waals surface area (Å²) in [5, 5.41) is 10.2. The average Bonchev–Trinajstić information content (AvgIpc) is 2.87. The second kappa shape index (κ2) is 5.67. The quantitative estimate of drug-likeness (QED) is 0.784. The van der Waals surface area contributed by atoms with Crippen LogP contribution in [0, 0.1) is 0 Å². The predicted octanol–water partition coefficient (Wildman–Crippen LogP) is 3.99. The van der Waals surface area contributed by atoms with Crippen LogP contribution in [0.3, 0.4) is 0 Å². The lowest BCUT2D eigenvalue weighted by Gasteiger charge is -2.10. The van der Waals surface area contributed by atoms with Crippen LogP contribution in [0.4, 0.5) is 5.69 Å². The molecule has 1 heterocycles. The van der Waals surface area contributed by atoms with Crippen molar-refractivity contribution in [3.63, 3.8) is 0 Å². The highest BCUT2D eigenvalue weighted by Crippen LogP contribution is 2.29. The van der Waals surface area contributed by atoms with Gasteiger partial charge in [-0.05, 0) is 29.5 Å². The maximum Gasteiger partial charge on any atom is 0.0522 e. The molecule has 0 amide bonds. The molecule has 4 heteroatoms. The number of halogens is 1. The molecule has 1 aromatic heterocycles.